The highest BCUT2D eigenvalue weighted by Gasteiger charge is 2.35. The predicted molar refractivity (Wildman–Crippen MR) is 49.5 cm³/mol. The number of fused-ring (bicyclic) bond motifs is 2. The summed E-state index contributed by atoms with van der Waals surface area (Å²) < 4.78 is 5.31. The van der Waals surface area contributed by atoms with Crippen LogP contribution >= 0.6 is 0 Å². The van der Waals surface area contributed by atoms with Crippen molar-refractivity contribution in [2.45, 2.75) is 44.8 Å². The van der Waals surface area contributed by atoms with Gasteiger partial charge in [-0.2, -0.15) is 0 Å². The molecule has 3 heteroatoms. The second-order valence-electron chi connectivity index (χ2n) is 4.42. The van der Waals surface area contributed by atoms with Gasteiger partial charge in [0.15, 0.2) is 0 Å². The van der Waals surface area contributed by atoms with Gasteiger partial charge in [0.2, 0.25) is 0 Å². The normalized spacial score (nSPS) is 39.7. The average molecular weight is 183 g/mol. The van der Waals surface area contributed by atoms with Crippen LogP contribution in [0.4, 0.5) is 4.79 Å². The fourth-order valence-electron chi connectivity index (χ4n) is 2.38. The summed E-state index contributed by atoms with van der Waals surface area (Å²) in [7, 11) is 1.85. The Morgan fingerprint density at radius 1 is 1.38 bits per heavy atom. The summed E-state index contributed by atoms with van der Waals surface area (Å²) in [6, 6.07) is 0.427. The molecule has 1 saturated carbocycles. The molecule has 3 unspecified atom stereocenters. The number of carbonyl (C=O) groups excluding carboxylic acids is 1. The number of hydrogen-bond donors (Lipinski definition) is 0. The van der Waals surface area contributed by atoms with Crippen LogP contribution in [0.25, 0.3) is 0 Å². The van der Waals surface area contributed by atoms with Gasteiger partial charge in [-0.05, 0) is 25.2 Å². The molecule has 74 valence electrons. The second-order valence-corrected chi connectivity index (χ2v) is 4.42. The molecule has 1 heterocycles. The minimum atomic E-state index is -0.129. The zero-order chi connectivity index (χ0) is 9.42. The van der Waals surface area contributed by atoms with E-state index in [1.807, 2.05) is 7.05 Å². The lowest BCUT2D eigenvalue weighted by molar-refractivity contribution is 0.00793. The van der Waals surface area contributed by atoms with E-state index in [1.54, 1.807) is 4.90 Å². The highest BCUT2D eigenvalue weighted by atomic mass is 16.6. The van der Waals surface area contributed by atoms with E-state index in [1.165, 1.54) is 6.42 Å². The van der Waals surface area contributed by atoms with Crippen LogP contribution in [0.3, 0.4) is 0 Å². The Kier molecular flexibility index (Phi) is 2.18. The van der Waals surface area contributed by atoms with Gasteiger partial charge in [0.05, 0.1) is 0 Å². The summed E-state index contributed by atoms with van der Waals surface area (Å²) in [5.41, 5.74) is 0. The topological polar surface area (TPSA) is 29.5 Å². The smallest absolute Gasteiger partial charge is 0.410 e. The third-order valence-corrected chi connectivity index (χ3v) is 3.30. The fraction of sp³-hybridized carbons (Fsp3) is 0.900. The van der Waals surface area contributed by atoms with Crippen LogP contribution in [0.2, 0.25) is 0 Å². The van der Waals surface area contributed by atoms with Crippen molar-refractivity contribution in [1.29, 1.82) is 0 Å². The second kappa shape index (κ2) is 3.20. The van der Waals surface area contributed by atoms with Gasteiger partial charge < -0.3 is 9.64 Å². The van der Waals surface area contributed by atoms with Gasteiger partial charge in [-0.1, -0.05) is 6.92 Å². The van der Waals surface area contributed by atoms with Gasteiger partial charge in [0.25, 0.3) is 0 Å². The van der Waals surface area contributed by atoms with Crippen LogP contribution < -0.4 is 0 Å². The quantitative estimate of drug-likeness (QED) is 0.575. The Morgan fingerprint density at radius 2 is 2.15 bits per heavy atom. The summed E-state index contributed by atoms with van der Waals surface area (Å²) in [5, 5.41) is 0. The maximum atomic E-state index is 11.4. The Bertz CT molecular complexity index is 217. The molecule has 2 aliphatic rings. The van der Waals surface area contributed by atoms with Crippen molar-refractivity contribution in [1.82, 2.24) is 4.90 Å². The summed E-state index contributed by atoms with van der Waals surface area (Å²) in [6.45, 7) is 2.24. The maximum absolute atomic E-state index is 11.4. The molecule has 1 amide bonds. The summed E-state index contributed by atoms with van der Waals surface area (Å²) >= 11 is 0. The number of hydrogen-bond acceptors (Lipinski definition) is 2. The Morgan fingerprint density at radius 3 is 2.92 bits per heavy atom. The zero-order valence-electron chi connectivity index (χ0n) is 8.32. The Labute approximate surface area is 79.0 Å². The number of rotatable bonds is 0. The van der Waals surface area contributed by atoms with Crippen molar-refractivity contribution < 1.29 is 9.53 Å². The summed E-state index contributed by atoms with van der Waals surface area (Å²) in [4.78, 5) is 13.1. The van der Waals surface area contributed by atoms with Crippen molar-refractivity contribution in [2.24, 2.45) is 5.92 Å². The number of nitrogens with zero attached hydrogens (tertiary/aromatic N) is 1. The number of carbonyl (C=O) groups is 1. The molecular weight excluding hydrogens is 166 g/mol. The molecule has 1 saturated heterocycles. The van der Waals surface area contributed by atoms with E-state index < -0.39 is 0 Å². The largest absolute Gasteiger partial charge is 0.446 e. The highest BCUT2D eigenvalue weighted by Crippen LogP contribution is 2.31. The third kappa shape index (κ3) is 1.64. The average Bonchev–Trinajstić information content (AvgIpc) is 2.22. The van der Waals surface area contributed by atoms with Crippen LogP contribution in [0, 0.1) is 5.92 Å². The van der Waals surface area contributed by atoms with Gasteiger partial charge in [-0.3, -0.25) is 0 Å². The van der Waals surface area contributed by atoms with E-state index in [2.05, 4.69) is 6.92 Å². The third-order valence-electron chi connectivity index (χ3n) is 3.30. The van der Waals surface area contributed by atoms with E-state index in [0.717, 1.165) is 19.3 Å². The molecule has 3 atom stereocenters. The molecule has 1 aliphatic heterocycles. The molecule has 2 rings (SSSR count). The molecule has 0 radical (unpaired) electrons. The van der Waals surface area contributed by atoms with Gasteiger partial charge in [-0.25, -0.2) is 4.79 Å². The number of amides is 1. The monoisotopic (exact) mass is 183 g/mol. The first kappa shape index (κ1) is 8.85. The van der Waals surface area contributed by atoms with Gasteiger partial charge in [0.1, 0.15) is 6.10 Å². The molecule has 0 aromatic rings. The predicted octanol–water partition coefficient (Wildman–Crippen LogP) is 2.02. The lowest BCUT2D eigenvalue weighted by Crippen LogP contribution is -2.45. The zero-order valence-corrected chi connectivity index (χ0v) is 8.32. The summed E-state index contributed by atoms with van der Waals surface area (Å²) in [6.07, 6.45) is 4.51. The molecule has 0 aromatic carbocycles. The first-order chi connectivity index (χ1) is 6.16. The van der Waals surface area contributed by atoms with Crippen molar-refractivity contribution in [3.05, 3.63) is 0 Å². The Balaban J connectivity index is 2.12. The van der Waals surface area contributed by atoms with Crippen LogP contribution in [0.15, 0.2) is 0 Å². The molecule has 3 nitrogen and oxygen atoms in total. The molecule has 1 aliphatic carbocycles. The molecule has 0 aromatic heterocycles. The molecular formula is C10H17NO2. The minimum Gasteiger partial charge on any atom is -0.446 e. The molecule has 13 heavy (non-hydrogen) atoms. The van der Waals surface area contributed by atoms with Crippen molar-refractivity contribution in [3.8, 4) is 0 Å². The van der Waals surface area contributed by atoms with Crippen LogP contribution in [0.5, 0.6) is 0 Å². The fourth-order valence-corrected chi connectivity index (χ4v) is 2.38. The minimum absolute atomic E-state index is 0.129. The van der Waals surface area contributed by atoms with E-state index >= 15 is 0 Å². The van der Waals surface area contributed by atoms with E-state index in [9.17, 15) is 4.79 Å². The van der Waals surface area contributed by atoms with Crippen LogP contribution in [-0.2, 0) is 4.74 Å². The van der Waals surface area contributed by atoms with E-state index in [-0.39, 0.29) is 12.2 Å². The van der Waals surface area contributed by atoms with Gasteiger partial charge >= 0.3 is 6.09 Å². The standard InChI is InChI=1S/C10H17NO2/c1-7-3-4-8-6-9(5-7)13-10(12)11(8)2/h7-9H,3-6H2,1-2H3. The lowest BCUT2D eigenvalue weighted by atomic mass is 10.0. The molecule has 2 bridgehead atoms. The first-order valence-electron chi connectivity index (χ1n) is 5.10. The van der Waals surface area contributed by atoms with E-state index in [4.69, 9.17) is 4.74 Å². The van der Waals surface area contributed by atoms with Crippen LogP contribution in [0.1, 0.15) is 32.6 Å². The number of ether oxygens (including phenoxy) is 1. The van der Waals surface area contributed by atoms with Gasteiger partial charge in [0, 0.05) is 19.5 Å². The van der Waals surface area contributed by atoms with Crippen molar-refractivity contribution in [2.75, 3.05) is 7.05 Å². The molecule has 0 spiro atoms. The molecule has 0 N–H and O–H groups in total. The van der Waals surface area contributed by atoms with E-state index in [0.29, 0.717) is 12.0 Å². The van der Waals surface area contributed by atoms with Crippen molar-refractivity contribution >= 4 is 6.09 Å². The molecule has 2 fully saturated rings. The van der Waals surface area contributed by atoms with Crippen LogP contribution in [-0.4, -0.2) is 30.2 Å². The van der Waals surface area contributed by atoms with Crippen molar-refractivity contribution in [3.63, 3.8) is 0 Å². The summed E-state index contributed by atoms with van der Waals surface area (Å²) in [5.74, 6) is 0.703. The maximum Gasteiger partial charge on any atom is 0.410 e. The first-order valence-corrected chi connectivity index (χ1v) is 5.10. The SMILES string of the molecule is CC1CCC2CC(C1)OC(=O)N2C. The lowest BCUT2D eigenvalue weighted by Gasteiger charge is -2.34. The highest BCUT2D eigenvalue weighted by molar-refractivity contribution is 5.68. The van der Waals surface area contributed by atoms with Gasteiger partial charge in [-0.15, -0.1) is 0 Å². The Hall–Kier alpha value is -0.730.